The number of benzene rings is 2. The Labute approximate surface area is 159 Å². The van der Waals surface area contributed by atoms with Crippen LogP contribution in [0, 0.1) is 5.41 Å². The molecule has 0 spiro atoms. The summed E-state index contributed by atoms with van der Waals surface area (Å²) < 4.78 is 0. The van der Waals surface area contributed by atoms with E-state index in [2.05, 4.69) is 37.5 Å². The summed E-state index contributed by atoms with van der Waals surface area (Å²) in [6.07, 6.45) is 2.42. The Kier molecular flexibility index (Phi) is 3.88. The first kappa shape index (κ1) is 17.7. The topological polar surface area (TPSA) is 81.6 Å². The molecule has 4 N–H and O–H groups in total. The molecule has 1 aliphatic heterocycles. The first-order valence-electron chi connectivity index (χ1n) is 9.42. The van der Waals surface area contributed by atoms with Crippen LogP contribution in [0.2, 0.25) is 0 Å². The number of carbonyl (C=O) groups is 1. The Morgan fingerprint density at radius 2 is 1.85 bits per heavy atom. The second-order valence-electron chi connectivity index (χ2n) is 8.88. The Bertz CT molecular complexity index is 910. The summed E-state index contributed by atoms with van der Waals surface area (Å²) in [5.41, 5.74) is 3.45. The van der Waals surface area contributed by atoms with Crippen LogP contribution in [0.4, 0.5) is 11.4 Å². The van der Waals surface area contributed by atoms with Gasteiger partial charge in [0.15, 0.2) is 11.5 Å². The van der Waals surface area contributed by atoms with Crippen molar-refractivity contribution in [1.82, 2.24) is 0 Å². The van der Waals surface area contributed by atoms with Crippen molar-refractivity contribution in [3.05, 3.63) is 47.5 Å². The Morgan fingerprint density at radius 3 is 2.48 bits per heavy atom. The van der Waals surface area contributed by atoms with Gasteiger partial charge in [-0.05, 0) is 66.1 Å². The smallest absolute Gasteiger partial charge is 0.235 e. The Balaban J connectivity index is 1.52. The van der Waals surface area contributed by atoms with Crippen LogP contribution < -0.4 is 10.6 Å². The molecule has 1 saturated carbocycles. The largest absolute Gasteiger partial charge is 0.504 e. The predicted octanol–water partition coefficient (Wildman–Crippen LogP) is 4.15. The molecule has 0 radical (unpaired) electrons. The summed E-state index contributed by atoms with van der Waals surface area (Å²) in [5, 5.41) is 25.9. The van der Waals surface area contributed by atoms with Crippen LogP contribution in [0.15, 0.2) is 36.4 Å². The summed E-state index contributed by atoms with van der Waals surface area (Å²) in [6.45, 7) is 6.68. The Hall–Kier alpha value is -2.69. The molecule has 0 aromatic heterocycles. The number of hydrogen-bond donors (Lipinski definition) is 4. The number of aromatic hydroxyl groups is 2. The minimum Gasteiger partial charge on any atom is -0.504 e. The van der Waals surface area contributed by atoms with Gasteiger partial charge in [0.25, 0.3) is 0 Å². The van der Waals surface area contributed by atoms with E-state index in [1.165, 1.54) is 17.7 Å². The van der Waals surface area contributed by atoms with Gasteiger partial charge in [-0.15, -0.1) is 0 Å². The average Bonchev–Trinajstić information content (AvgIpc) is 3.29. The lowest BCUT2D eigenvalue weighted by molar-refractivity contribution is -0.118. The molecule has 4 rings (SSSR count). The van der Waals surface area contributed by atoms with Crippen molar-refractivity contribution in [3.8, 4) is 11.5 Å². The molecule has 5 nitrogen and oxygen atoms in total. The van der Waals surface area contributed by atoms with Crippen molar-refractivity contribution >= 4 is 17.3 Å². The van der Waals surface area contributed by atoms with Crippen LogP contribution in [-0.4, -0.2) is 22.2 Å². The molecule has 5 heteroatoms. The highest BCUT2D eigenvalue weighted by molar-refractivity contribution is 6.01. The van der Waals surface area contributed by atoms with Crippen molar-refractivity contribution in [2.45, 2.75) is 51.5 Å². The van der Waals surface area contributed by atoms with E-state index in [0.717, 1.165) is 36.2 Å². The minimum absolute atomic E-state index is 0.0640. The lowest BCUT2D eigenvalue weighted by atomic mass is 9.85. The second kappa shape index (κ2) is 5.91. The molecule has 1 unspecified atom stereocenters. The monoisotopic (exact) mass is 366 g/mol. The summed E-state index contributed by atoms with van der Waals surface area (Å²) in [7, 11) is 0. The zero-order valence-corrected chi connectivity index (χ0v) is 16.0. The average molecular weight is 366 g/mol. The normalized spacial score (nSPS) is 19.9. The SMILES string of the molecule is CC(C)(C)C1Cc2cc(NC(=O)C3(c4ccc(O)c(O)c4)CC3)ccc2N1. The van der Waals surface area contributed by atoms with Gasteiger partial charge in [0.1, 0.15) is 0 Å². The fourth-order valence-corrected chi connectivity index (χ4v) is 3.81. The molecule has 1 aliphatic carbocycles. The quantitative estimate of drug-likeness (QED) is 0.615. The van der Waals surface area contributed by atoms with Gasteiger partial charge in [0.2, 0.25) is 5.91 Å². The number of phenolic OH excluding ortho intramolecular Hbond substituents is 2. The van der Waals surface area contributed by atoms with Gasteiger partial charge in [-0.3, -0.25) is 4.79 Å². The number of phenols is 2. The number of nitrogens with one attached hydrogen (secondary N) is 2. The maximum atomic E-state index is 12.9. The molecule has 1 amide bonds. The molecular formula is C22H26N2O3. The van der Waals surface area contributed by atoms with Crippen molar-refractivity contribution < 1.29 is 15.0 Å². The van der Waals surface area contributed by atoms with E-state index >= 15 is 0 Å². The molecule has 142 valence electrons. The first-order valence-corrected chi connectivity index (χ1v) is 9.42. The predicted molar refractivity (Wildman–Crippen MR) is 106 cm³/mol. The van der Waals surface area contributed by atoms with Gasteiger partial charge in [0, 0.05) is 17.4 Å². The van der Waals surface area contributed by atoms with E-state index in [0.29, 0.717) is 6.04 Å². The maximum Gasteiger partial charge on any atom is 0.235 e. The van der Waals surface area contributed by atoms with Crippen molar-refractivity contribution in [3.63, 3.8) is 0 Å². The van der Waals surface area contributed by atoms with Crippen LogP contribution in [0.1, 0.15) is 44.7 Å². The van der Waals surface area contributed by atoms with Gasteiger partial charge in [-0.2, -0.15) is 0 Å². The molecule has 2 aromatic rings. The van der Waals surface area contributed by atoms with Crippen molar-refractivity contribution in [1.29, 1.82) is 0 Å². The standard InChI is InChI=1S/C22H26N2O3/c1-21(2,3)19-11-13-10-15(5-6-16(13)24-19)23-20(27)22(8-9-22)14-4-7-17(25)18(26)12-14/h4-7,10,12,19,24-26H,8-9,11H2,1-3H3,(H,23,27). The molecular weight excluding hydrogens is 340 g/mol. The molecule has 1 atom stereocenters. The van der Waals surface area contributed by atoms with E-state index in [1.807, 2.05) is 12.1 Å². The van der Waals surface area contributed by atoms with Crippen LogP contribution >= 0.6 is 0 Å². The van der Waals surface area contributed by atoms with Crippen LogP contribution in [0.3, 0.4) is 0 Å². The summed E-state index contributed by atoms with van der Waals surface area (Å²) in [5.74, 6) is -0.427. The number of amides is 1. The molecule has 2 aliphatic rings. The maximum absolute atomic E-state index is 12.9. The molecule has 27 heavy (non-hydrogen) atoms. The highest BCUT2D eigenvalue weighted by atomic mass is 16.3. The van der Waals surface area contributed by atoms with E-state index in [1.54, 1.807) is 6.07 Å². The van der Waals surface area contributed by atoms with Crippen molar-refractivity contribution in [2.24, 2.45) is 5.41 Å². The zero-order chi connectivity index (χ0) is 19.4. The van der Waals surface area contributed by atoms with Crippen LogP contribution in [0.5, 0.6) is 11.5 Å². The lowest BCUT2D eigenvalue weighted by Crippen LogP contribution is -2.31. The molecule has 1 fully saturated rings. The van der Waals surface area contributed by atoms with E-state index in [9.17, 15) is 15.0 Å². The molecule has 1 heterocycles. The fourth-order valence-electron chi connectivity index (χ4n) is 3.81. The third kappa shape index (κ3) is 3.11. The second-order valence-corrected chi connectivity index (χ2v) is 8.88. The van der Waals surface area contributed by atoms with Gasteiger partial charge >= 0.3 is 0 Å². The van der Waals surface area contributed by atoms with Crippen LogP contribution in [-0.2, 0) is 16.6 Å². The molecule has 0 saturated heterocycles. The van der Waals surface area contributed by atoms with E-state index in [4.69, 9.17) is 0 Å². The lowest BCUT2D eigenvalue weighted by Gasteiger charge is -2.27. The van der Waals surface area contributed by atoms with Gasteiger partial charge in [0.05, 0.1) is 5.41 Å². The van der Waals surface area contributed by atoms with Crippen molar-refractivity contribution in [2.75, 3.05) is 10.6 Å². The van der Waals surface area contributed by atoms with Gasteiger partial charge in [-0.1, -0.05) is 26.8 Å². The summed E-state index contributed by atoms with van der Waals surface area (Å²) in [6, 6.07) is 11.0. The van der Waals surface area contributed by atoms with Gasteiger partial charge < -0.3 is 20.8 Å². The highest BCUT2D eigenvalue weighted by Crippen LogP contribution is 2.50. The third-order valence-electron chi connectivity index (χ3n) is 5.87. The third-order valence-corrected chi connectivity index (χ3v) is 5.87. The van der Waals surface area contributed by atoms with E-state index in [-0.39, 0.29) is 22.8 Å². The van der Waals surface area contributed by atoms with Gasteiger partial charge in [-0.25, -0.2) is 0 Å². The number of rotatable bonds is 3. The number of hydrogen-bond acceptors (Lipinski definition) is 4. The first-order chi connectivity index (χ1) is 12.7. The summed E-state index contributed by atoms with van der Waals surface area (Å²) in [4.78, 5) is 12.9. The molecule has 0 bridgehead atoms. The number of anilines is 2. The highest BCUT2D eigenvalue weighted by Gasteiger charge is 2.51. The molecule has 2 aromatic carbocycles. The van der Waals surface area contributed by atoms with Crippen LogP contribution in [0.25, 0.3) is 0 Å². The Morgan fingerprint density at radius 1 is 1.11 bits per heavy atom. The summed E-state index contributed by atoms with van der Waals surface area (Å²) >= 11 is 0. The minimum atomic E-state index is -0.615. The number of carbonyl (C=O) groups excluding carboxylic acids is 1. The number of fused-ring (bicyclic) bond motifs is 1. The fraction of sp³-hybridized carbons (Fsp3) is 0.409. The zero-order valence-electron chi connectivity index (χ0n) is 16.0. The van der Waals surface area contributed by atoms with E-state index < -0.39 is 5.41 Å².